The summed E-state index contributed by atoms with van der Waals surface area (Å²) in [4.78, 5) is 13.2. The fourth-order valence-electron chi connectivity index (χ4n) is 2.04. The Kier molecular flexibility index (Phi) is 4.67. The van der Waals surface area contributed by atoms with Crippen LogP contribution in [-0.4, -0.2) is 54.5 Å². The fraction of sp³-hybridized carbons (Fsp3) is 0.923. The van der Waals surface area contributed by atoms with Crippen molar-refractivity contribution in [3.63, 3.8) is 0 Å². The number of sulfone groups is 1. The van der Waals surface area contributed by atoms with Gasteiger partial charge in [-0.1, -0.05) is 0 Å². The second kappa shape index (κ2) is 5.40. The standard InChI is InChI=1S/C13H25NO4S/c1-12(2,3)19(17,18)10-9-14-7-5-13(4,6-8-14)11(15)16/h5-10H2,1-4H3,(H,15,16). The lowest BCUT2D eigenvalue weighted by atomic mass is 9.80. The monoisotopic (exact) mass is 291 g/mol. The molecule has 19 heavy (non-hydrogen) atoms. The van der Waals surface area contributed by atoms with Crippen molar-refractivity contribution < 1.29 is 18.3 Å². The van der Waals surface area contributed by atoms with E-state index in [0.29, 0.717) is 32.5 Å². The Hall–Kier alpha value is -0.620. The smallest absolute Gasteiger partial charge is 0.309 e. The maximum atomic E-state index is 12.0. The second-order valence-electron chi connectivity index (χ2n) is 6.64. The predicted molar refractivity (Wildman–Crippen MR) is 75.0 cm³/mol. The van der Waals surface area contributed by atoms with Gasteiger partial charge in [0.05, 0.1) is 15.9 Å². The number of likely N-dealkylation sites (tertiary alicyclic amines) is 1. The normalized spacial score (nSPS) is 21.3. The molecule has 1 N–H and O–H groups in total. The molecule has 1 aliphatic heterocycles. The number of piperidine rings is 1. The molecular weight excluding hydrogens is 266 g/mol. The topological polar surface area (TPSA) is 74.7 Å². The number of hydrogen-bond donors (Lipinski definition) is 1. The summed E-state index contributed by atoms with van der Waals surface area (Å²) in [6, 6.07) is 0. The van der Waals surface area contributed by atoms with E-state index < -0.39 is 26.0 Å². The quantitative estimate of drug-likeness (QED) is 0.847. The Labute approximate surface area is 115 Å². The maximum absolute atomic E-state index is 12.0. The molecule has 1 rings (SSSR count). The molecule has 0 bridgehead atoms. The van der Waals surface area contributed by atoms with Crippen LogP contribution in [0.3, 0.4) is 0 Å². The number of aliphatic carboxylic acids is 1. The molecule has 0 aromatic heterocycles. The number of carboxylic acid groups (broad SMARTS) is 1. The van der Waals surface area contributed by atoms with E-state index in [9.17, 15) is 13.2 Å². The van der Waals surface area contributed by atoms with Gasteiger partial charge in [0.1, 0.15) is 0 Å². The molecule has 0 spiro atoms. The molecule has 112 valence electrons. The Morgan fingerprint density at radius 3 is 2.11 bits per heavy atom. The SMILES string of the molecule is CC1(C(=O)O)CCN(CCS(=O)(=O)C(C)(C)C)CC1. The zero-order valence-corrected chi connectivity index (χ0v) is 13.1. The molecule has 0 radical (unpaired) electrons. The van der Waals surface area contributed by atoms with Crippen molar-refractivity contribution in [3.05, 3.63) is 0 Å². The molecule has 0 saturated carbocycles. The van der Waals surface area contributed by atoms with Gasteiger partial charge in [-0.2, -0.15) is 0 Å². The van der Waals surface area contributed by atoms with E-state index in [0.717, 1.165) is 0 Å². The highest BCUT2D eigenvalue weighted by atomic mass is 32.2. The van der Waals surface area contributed by atoms with Crippen molar-refractivity contribution in [2.75, 3.05) is 25.4 Å². The largest absolute Gasteiger partial charge is 0.481 e. The van der Waals surface area contributed by atoms with Crippen molar-refractivity contribution in [2.24, 2.45) is 5.41 Å². The minimum Gasteiger partial charge on any atom is -0.481 e. The van der Waals surface area contributed by atoms with E-state index in [4.69, 9.17) is 5.11 Å². The van der Waals surface area contributed by atoms with Crippen LogP contribution in [0.1, 0.15) is 40.5 Å². The minimum atomic E-state index is -3.10. The highest BCUT2D eigenvalue weighted by Crippen LogP contribution is 2.31. The van der Waals surface area contributed by atoms with E-state index >= 15 is 0 Å². The predicted octanol–water partition coefficient (Wildman–Crippen LogP) is 1.39. The number of carboxylic acids is 1. The van der Waals surface area contributed by atoms with Gasteiger partial charge in [0.25, 0.3) is 0 Å². The summed E-state index contributed by atoms with van der Waals surface area (Å²) in [6.45, 7) is 8.69. The summed E-state index contributed by atoms with van der Waals surface area (Å²) < 4.78 is 23.3. The summed E-state index contributed by atoms with van der Waals surface area (Å²) in [5.74, 6) is -0.616. The van der Waals surface area contributed by atoms with Crippen LogP contribution in [0.4, 0.5) is 0 Å². The van der Waals surface area contributed by atoms with E-state index in [1.54, 1.807) is 27.7 Å². The molecule has 0 amide bonds. The van der Waals surface area contributed by atoms with Gasteiger partial charge in [0, 0.05) is 6.54 Å². The Morgan fingerprint density at radius 1 is 1.26 bits per heavy atom. The average Bonchev–Trinajstić information content (AvgIpc) is 2.26. The van der Waals surface area contributed by atoms with E-state index in [1.807, 2.05) is 4.90 Å². The number of nitrogens with zero attached hydrogens (tertiary/aromatic N) is 1. The molecule has 0 aromatic carbocycles. The lowest BCUT2D eigenvalue weighted by Crippen LogP contribution is -2.45. The van der Waals surface area contributed by atoms with Crippen LogP contribution in [0.5, 0.6) is 0 Å². The maximum Gasteiger partial charge on any atom is 0.309 e. The van der Waals surface area contributed by atoms with Gasteiger partial charge < -0.3 is 10.0 Å². The van der Waals surface area contributed by atoms with Gasteiger partial charge in [0.15, 0.2) is 9.84 Å². The third-order valence-electron chi connectivity index (χ3n) is 4.09. The first-order valence-corrected chi connectivity index (χ1v) is 8.31. The molecule has 0 unspecified atom stereocenters. The van der Waals surface area contributed by atoms with Crippen LogP contribution in [0, 0.1) is 5.41 Å². The molecule has 1 saturated heterocycles. The molecule has 0 aromatic rings. The Bertz CT molecular complexity index is 428. The number of rotatable bonds is 4. The highest BCUT2D eigenvalue weighted by Gasteiger charge is 2.37. The average molecular weight is 291 g/mol. The van der Waals surface area contributed by atoms with Crippen molar-refractivity contribution in [2.45, 2.75) is 45.3 Å². The van der Waals surface area contributed by atoms with Gasteiger partial charge in [-0.25, -0.2) is 8.42 Å². The lowest BCUT2D eigenvalue weighted by molar-refractivity contribution is -0.150. The van der Waals surface area contributed by atoms with Gasteiger partial charge in [0.2, 0.25) is 0 Å². The first-order valence-electron chi connectivity index (χ1n) is 6.66. The van der Waals surface area contributed by atoms with Crippen LogP contribution in [0.25, 0.3) is 0 Å². The highest BCUT2D eigenvalue weighted by molar-refractivity contribution is 7.92. The summed E-state index contributed by atoms with van der Waals surface area (Å²) in [5, 5.41) is 9.14. The van der Waals surface area contributed by atoms with E-state index in [2.05, 4.69) is 0 Å². The first-order chi connectivity index (χ1) is 8.48. The fourth-order valence-corrected chi connectivity index (χ4v) is 3.15. The molecule has 5 nitrogen and oxygen atoms in total. The molecule has 1 heterocycles. The molecule has 0 aliphatic carbocycles. The second-order valence-corrected chi connectivity index (χ2v) is 9.50. The van der Waals surface area contributed by atoms with Gasteiger partial charge in [-0.05, 0) is 53.6 Å². The van der Waals surface area contributed by atoms with Gasteiger partial charge >= 0.3 is 5.97 Å². The van der Waals surface area contributed by atoms with Crippen LogP contribution >= 0.6 is 0 Å². The van der Waals surface area contributed by atoms with Gasteiger partial charge in [-0.3, -0.25) is 4.79 Å². The van der Waals surface area contributed by atoms with Crippen molar-refractivity contribution >= 4 is 15.8 Å². The molecule has 1 fully saturated rings. The van der Waals surface area contributed by atoms with Crippen molar-refractivity contribution in [1.82, 2.24) is 4.90 Å². The first kappa shape index (κ1) is 16.4. The molecular formula is C13H25NO4S. The zero-order chi connectivity index (χ0) is 14.9. The lowest BCUT2D eigenvalue weighted by Gasteiger charge is -2.36. The number of carbonyl (C=O) groups is 1. The third kappa shape index (κ3) is 3.92. The van der Waals surface area contributed by atoms with E-state index in [-0.39, 0.29) is 5.75 Å². The zero-order valence-electron chi connectivity index (χ0n) is 12.3. The molecule has 6 heteroatoms. The van der Waals surface area contributed by atoms with Crippen LogP contribution < -0.4 is 0 Å². The third-order valence-corrected chi connectivity index (χ3v) is 6.67. The Balaban J connectivity index is 2.50. The minimum absolute atomic E-state index is 0.139. The van der Waals surface area contributed by atoms with Crippen LogP contribution in [-0.2, 0) is 14.6 Å². The van der Waals surface area contributed by atoms with Crippen molar-refractivity contribution in [3.8, 4) is 0 Å². The van der Waals surface area contributed by atoms with Crippen LogP contribution in [0.15, 0.2) is 0 Å². The summed E-state index contributed by atoms with van der Waals surface area (Å²) in [5.41, 5.74) is -0.653. The Morgan fingerprint density at radius 2 is 1.74 bits per heavy atom. The number of hydrogen-bond acceptors (Lipinski definition) is 4. The van der Waals surface area contributed by atoms with E-state index in [1.165, 1.54) is 0 Å². The van der Waals surface area contributed by atoms with Gasteiger partial charge in [-0.15, -0.1) is 0 Å². The summed E-state index contributed by atoms with van der Waals surface area (Å²) in [7, 11) is -3.10. The summed E-state index contributed by atoms with van der Waals surface area (Å²) >= 11 is 0. The molecule has 1 aliphatic rings. The molecule has 0 atom stereocenters. The summed E-state index contributed by atoms with van der Waals surface area (Å²) in [6.07, 6.45) is 1.16. The van der Waals surface area contributed by atoms with Crippen molar-refractivity contribution in [1.29, 1.82) is 0 Å². The van der Waals surface area contributed by atoms with Crippen LogP contribution in [0.2, 0.25) is 0 Å².